The zero-order chi connectivity index (χ0) is 13.8. The van der Waals surface area contributed by atoms with Crippen LogP contribution in [0, 0.1) is 11.6 Å². The molecule has 8 heteroatoms. The highest BCUT2D eigenvalue weighted by atomic mass is 32.2. The van der Waals surface area contributed by atoms with Crippen molar-refractivity contribution >= 4 is 32.9 Å². The van der Waals surface area contributed by atoms with E-state index in [9.17, 15) is 17.2 Å². The van der Waals surface area contributed by atoms with Crippen molar-refractivity contribution in [2.75, 3.05) is 16.4 Å². The molecule has 0 aromatic heterocycles. The van der Waals surface area contributed by atoms with Crippen LogP contribution in [-0.2, 0) is 9.84 Å². The van der Waals surface area contributed by atoms with Crippen LogP contribution in [-0.4, -0.2) is 37.1 Å². The Morgan fingerprint density at radius 3 is 2.74 bits per heavy atom. The van der Waals surface area contributed by atoms with Crippen molar-refractivity contribution in [3.63, 3.8) is 0 Å². The number of nitrogens with zero attached hydrogens (tertiary/aromatic N) is 1. The van der Waals surface area contributed by atoms with Gasteiger partial charge in [0, 0.05) is 6.07 Å². The molecule has 0 spiro atoms. The molecule has 0 unspecified atom stereocenters. The first kappa shape index (κ1) is 12.7. The topological polar surface area (TPSA) is 49.4 Å². The summed E-state index contributed by atoms with van der Waals surface area (Å²) in [4.78, 5) is 1.43. The Kier molecular flexibility index (Phi) is 2.75. The molecular weight excluding hydrogens is 294 g/mol. The fourth-order valence-corrected chi connectivity index (χ4v) is 4.84. The van der Waals surface area contributed by atoms with Gasteiger partial charge in [-0.1, -0.05) is 0 Å². The second-order valence-electron chi connectivity index (χ2n) is 4.67. The van der Waals surface area contributed by atoms with Crippen LogP contribution in [0.5, 0.6) is 0 Å². The number of hydrogen-bond acceptors (Lipinski definition) is 3. The van der Waals surface area contributed by atoms with Crippen LogP contribution < -0.4 is 10.2 Å². The number of sulfone groups is 1. The lowest BCUT2D eigenvalue weighted by atomic mass is 10.1. The van der Waals surface area contributed by atoms with Gasteiger partial charge in [-0.05, 0) is 24.4 Å². The van der Waals surface area contributed by atoms with E-state index in [4.69, 9.17) is 12.2 Å². The molecule has 2 saturated heterocycles. The Morgan fingerprint density at radius 2 is 2.05 bits per heavy atom. The first-order valence-electron chi connectivity index (χ1n) is 5.62. The smallest absolute Gasteiger partial charge is 0.174 e. The van der Waals surface area contributed by atoms with E-state index in [-0.39, 0.29) is 28.3 Å². The number of hydrogen-bond donors (Lipinski definition) is 1. The predicted octanol–water partition coefficient (Wildman–Crippen LogP) is 0.825. The van der Waals surface area contributed by atoms with E-state index >= 15 is 0 Å². The van der Waals surface area contributed by atoms with Crippen LogP contribution in [0.15, 0.2) is 18.2 Å². The van der Waals surface area contributed by atoms with Crippen LogP contribution in [0.3, 0.4) is 0 Å². The number of halogens is 2. The van der Waals surface area contributed by atoms with Crippen LogP contribution >= 0.6 is 12.2 Å². The van der Waals surface area contributed by atoms with E-state index in [0.717, 1.165) is 12.1 Å². The van der Waals surface area contributed by atoms with Crippen molar-refractivity contribution in [2.45, 2.75) is 12.1 Å². The van der Waals surface area contributed by atoms with Crippen LogP contribution in [0.25, 0.3) is 0 Å². The summed E-state index contributed by atoms with van der Waals surface area (Å²) < 4.78 is 49.9. The van der Waals surface area contributed by atoms with Crippen molar-refractivity contribution in [1.29, 1.82) is 0 Å². The van der Waals surface area contributed by atoms with Gasteiger partial charge in [-0.25, -0.2) is 17.2 Å². The van der Waals surface area contributed by atoms with Gasteiger partial charge in [0.15, 0.2) is 14.9 Å². The number of fused-ring (bicyclic) bond motifs is 1. The first-order chi connectivity index (χ1) is 8.87. The molecule has 2 aliphatic heterocycles. The molecule has 2 atom stereocenters. The molecule has 0 bridgehead atoms. The van der Waals surface area contributed by atoms with E-state index in [2.05, 4.69) is 5.32 Å². The summed E-state index contributed by atoms with van der Waals surface area (Å²) in [7, 11) is -3.15. The number of thiocarbonyl (C=S) groups is 1. The SMILES string of the molecule is O=S1(=O)C[C@H]2NC(=S)N(c3ccc(F)cc3F)[C@H]2C1. The molecule has 4 nitrogen and oxygen atoms in total. The van der Waals surface area contributed by atoms with Crippen LogP contribution in [0.4, 0.5) is 14.5 Å². The maximum Gasteiger partial charge on any atom is 0.174 e. The van der Waals surface area contributed by atoms with Crippen molar-refractivity contribution in [3.05, 3.63) is 29.8 Å². The molecule has 0 amide bonds. The lowest BCUT2D eigenvalue weighted by Crippen LogP contribution is -2.37. The highest BCUT2D eigenvalue weighted by Crippen LogP contribution is 2.31. The van der Waals surface area contributed by atoms with Gasteiger partial charge in [0.1, 0.15) is 11.6 Å². The van der Waals surface area contributed by atoms with E-state index < -0.39 is 27.5 Å². The number of anilines is 1. The van der Waals surface area contributed by atoms with E-state index in [1.165, 1.54) is 11.0 Å². The molecule has 2 heterocycles. The van der Waals surface area contributed by atoms with Crippen molar-refractivity contribution in [3.8, 4) is 0 Å². The van der Waals surface area contributed by atoms with Crippen molar-refractivity contribution in [1.82, 2.24) is 5.32 Å². The lowest BCUT2D eigenvalue weighted by molar-refractivity contribution is 0.577. The molecule has 3 rings (SSSR count). The third-order valence-corrected chi connectivity index (χ3v) is 5.38. The minimum absolute atomic E-state index is 0.0167. The second-order valence-corrected chi connectivity index (χ2v) is 7.21. The maximum absolute atomic E-state index is 13.8. The number of nitrogens with one attached hydrogen (secondary N) is 1. The third-order valence-electron chi connectivity index (χ3n) is 3.35. The number of benzene rings is 1. The molecule has 1 N–H and O–H groups in total. The maximum atomic E-state index is 13.8. The van der Waals surface area contributed by atoms with Gasteiger partial charge in [0.25, 0.3) is 0 Å². The normalized spacial score (nSPS) is 28.3. The summed E-state index contributed by atoms with van der Waals surface area (Å²) >= 11 is 5.10. The van der Waals surface area contributed by atoms with E-state index in [0.29, 0.717) is 0 Å². The average Bonchev–Trinajstić information content (AvgIpc) is 2.70. The molecule has 1 aromatic rings. The minimum atomic E-state index is -3.15. The molecule has 2 fully saturated rings. The fourth-order valence-electron chi connectivity index (χ4n) is 2.56. The van der Waals surface area contributed by atoms with Gasteiger partial charge in [0.2, 0.25) is 0 Å². The monoisotopic (exact) mass is 304 g/mol. The molecule has 0 saturated carbocycles. The quantitative estimate of drug-likeness (QED) is 0.779. The molecule has 2 aliphatic rings. The van der Waals surface area contributed by atoms with Crippen LogP contribution in [0.1, 0.15) is 0 Å². The molecule has 102 valence electrons. The minimum Gasteiger partial charge on any atom is -0.356 e. The van der Waals surface area contributed by atoms with Crippen LogP contribution in [0.2, 0.25) is 0 Å². The summed E-state index contributed by atoms with van der Waals surface area (Å²) in [6.07, 6.45) is 0. The first-order valence-corrected chi connectivity index (χ1v) is 7.85. The Balaban J connectivity index is 2.02. The van der Waals surface area contributed by atoms with Gasteiger partial charge in [-0.15, -0.1) is 0 Å². The lowest BCUT2D eigenvalue weighted by Gasteiger charge is -2.23. The average molecular weight is 304 g/mol. The molecule has 0 radical (unpaired) electrons. The third kappa shape index (κ3) is 2.08. The summed E-state index contributed by atoms with van der Waals surface area (Å²) in [5.41, 5.74) is 0.100. The zero-order valence-corrected chi connectivity index (χ0v) is 11.3. The molecule has 0 aliphatic carbocycles. The fraction of sp³-hybridized carbons (Fsp3) is 0.364. The van der Waals surface area contributed by atoms with E-state index in [1.54, 1.807) is 0 Å². The predicted molar refractivity (Wildman–Crippen MR) is 70.8 cm³/mol. The van der Waals surface area contributed by atoms with Gasteiger partial charge in [-0.2, -0.15) is 0 Å². The summed E-state index contributed by atoms with van der Waals surface area (Å²) in [5.74, 6) is -1.54. The molecule has 19 heavy (non-hydrogen) atoms. The van der Waals surface area contributed by atoms with Gasteiger partial charge >= 0.3 is 0 Å². The number of rotatable bonds is 1. The highest BCUT2D eigenvalue weighted by molar-refractivity contribution is 7.91. The Morgan fingerprint density at radius 1 is 1.32 bits per heavy atom. The summed E-state index contributed by atoms with van der Waals surface area (Å²) in [6.45, 7) is 0. The van der Waals surface area contributed by atoms with Crippen molar-refractivity contribution < 1.29 is 17.2 Å². The van der Waals surface area contributed by atoms with E-state index in [1.807, 2.05) is 0 Å². The zero-order valence-electron chi connectivity index (χ0n) is 9.64. The largest absolute Gasteiger partial charge is 0.356 e. The Bertz CT molecular complexity index is 663. The molecule has 1 aromatic carbocycles. The van der Waals surface area contributed by atoms with Gasteiger partial charge in [-0.3, -0.25) is 0 Å². The standard InChI is InChI=1S/C11H10F2N2O2S2/c12-6-1-2-9(7(13)3-6)15-10-5-19(16,17)4-8(10)14-11(15)18/h1-3,8,10H,4-5H2,(H,14,18)/t8-,10+/m1/s1. The van der Waals surface area contributed by atoms with Gasteiger partial charge in [0.05, 0.1) is 29.3 Å². The Hall–Kier alpha value is -1.28. The van der Waals surface area contributed by atoms with Crippen molar-refractivity contribution in [2.24, 2.45) is 0 Å². The molecular formula is C11H10F2N2O2S2. The summed E-state index contributed by atoms with van der Waals surface area (Å²) in [6, 6.07) is 2.39. The highest BCUT2D eigenvalue weighted by Gasteiger charge is 2.48. The second kappa shape index (κ2) is 4.11. The van der Waals surface area contributed by atoms with Gasteiger partial charge < -0.3 is 10.2 Å². The summed E-state index contributed by atoms with van der Waals surface area (Å²) in [5, 5.41) is 3.15. The Labute approximate surface area is 114 Å².